The molecule has 9 heteroatoms. The van der Waals surface area contributed by atoms with Crippen molar-refractivity contribution in [1.82, 2.24) is 4.90 Å². The Labute approximate surface area is 186 Å². The van der Waals surface area contributed by atoms with Crippen LogP contribution in [0, 0.1) is 13.8 Å². The third-order valence-electron chi connectivity index (χ3n) is 4.64. The Kier molecular flexibility index (Phi) is 6.97. The van der Waals surface area contributed by atoms with E-state index >= 15 is 0 Å². The van der Waals surface area contributed by atoms with E-state index in [1.54, 1.807) is 18.2 Å². The number of nitrogens with zero attached hydrogens (tertiary/aromatic N) is 2. The van der Waals surface area contributed by atoms with E-state index in [0.717, 1.165) is 22.9 Å². The van der Waals surface area contributed by atoms with Gasteiger partial charge in [0.1, 0.15) is 5.25 Å². The number of benzene rings is 2. The van der Waals surface area contributed by atoms with Crippen molar-refractivity contribution in [3.05, 3.63) is 72.3 Å². The second kappa shape index (κ2) is 9.49. The van der Waals surface area contributed by atoms with E-state index in [2.05, 4.69) is 16.3 Å². The van der Waals surface area contributed by atoms with Crippen molar-refractivity contribution in [3.8, 4) is 0 Å². The number of rotatable bonds is 7. The van der Waals surface area contributed by atoms with Gasteiger partial charge >= 0.3 is 0 Å². The van der Waals surface area contributed by atoms with Gasteiger partial charge in [0.25, 0.3) is 10.0 Å². The van der Waals surface area contributed by atoms with Crippen molar-refractivity contribution < 1.29 is 18.0 Å². The standard InChI is InChI=1S/C22H23N3O4S2/c1-4-13-25-21(27)19(14-20(26)23-18-8-6-5-7-16(18)3)30-22(25)24-31(28,29)17-11-9-15(2)10-12-17/h4-12,19H,1,13-14H2,2-3H3,(H,23,26)/b24-22-. The average Bonchev–Trinajstić information content (AvgIpc) is 2.98. The zero-order valence-electron chi connectivity index (χ0n) is 17.2. The average molecular weight is 458 g/mol. The Hall–Kier alpha value is -2.91. The molecule has 162 valence electrons. The molecule has 1 heterocycles. The highest BCUT2D eigenvalue weighted by atomic mass is 32.2. The number of carbonyl (C=O) groups is 2. The maximum absolute atomic E-state index is 12.8. The minimum absolute atomic E-state index is 0.0398. The van der Waals surface area contributed by atoms with E-state index in [9.17, 15) is 18.0 Å². The van der Waals surface area contributed by atoms with Gasteiger partial charge < -0.3 is 5.32 Å². The zero-order chi connectivity index (χ0) is 22.6. The highest BCUT2D eigenvalue weighted by Gasteiger charge is 2.39. The van der Waals surface area contributed by atoms with Gasteiger partial charge in [-0.3, -0.25) is 14.5 Å². The molecule has 1 fully saturated rings. The first-order chi connectivity index (χ1) is 14.7. The van der Waals surface area contributed by atoms with Crippen molar-refractivity contribution >= 4 is 44.5 Å². The Balaban J connectivity index is 1.80. The number of hydrogen-bond donors (Lipinski definition) is 1. The van der Waals surface area contributed by atoms with E-state index in [1.165, 1.54) is 23.1 Å². The van der Waals surface area contributed by atoms with Crippen LogP contribution in [0.5, 0.6) is 0 Å². The fourth-order valence-corrected chi connectivity index (χ4v) is 5.32. The van der Waals surface area contributed by atoms with Gasteiger partial charge in [-0.1, -0.05) is 53.7 Å². The highest BCUT2D eigenvalue weighted by Crippen LogP contribution is 2.31. The summed E-state index contributed by atoms with van der Waals surface area (Å²) in [6.07, 6.45) is 1.39. The molecule has 7 nitrogen and oxygen atoms in total. The van der Waals surface area contributed by atoms with Crippen LogP contribution < -0.4 is 5.32 Å². The van der Waals surface area contributed by atoms with Crippen LogP contribution in [0.15, 0.2) is 70.5 Å². The first-order valence-corrected chi connectivity index (χ1v) is 11.9. The molecule has 1 aliphatic rings. The molecule has 1 atom stereocenters. The number of sulfonamides is 1. The summed E-state index contributed by atoms with van der Waals surface area (Å²) in [6, 6.07) is 13.6. The monoisotopic (exact) mass is 457 g/mol. The number of amidine groups is 1. The second-order valence-corrected chi connectivity index (χ2v) is 9.85. The maximum Gasteiger partial charge on any atom is 0.284 e. The summed E-state index contributed by atoms with van der Waals surface area (Å²) in [5, 5.41) is 2.07. The molecule has 2 amide bonds. The van der Waals surface area contributed by atoms with Gasteiger partial charge in [0.15, 0.2) is 5.17 Å². The van der Waals surface area contributed by atoms with Crippen molar-refractivity contribution in [3.63, 3.8) is 0 Å². The summed E-state index contributed by atoms with van der Waals surface area (Å²) in [6.45, 7) is 7.45. The van der Waals surface area contributed by atoms with E-state index in [0.29, 0.717) is 5.69 Å². The molecule has 0 aliphatic carbocycles. The Morgan fingerprint density at radius 1 is 1.19 bits per heavy atom. The van der Waals surface area contributed by atoms with Crippen LogP contribution in [0.2, 0.25) is 0 Å². The molecule has 0 saturated carbocycles. The molecule has 0 aromatic heterocycles. The lowest BCUT2D eigenvalue weighted by Crippen LogP contribution is -2.34. The van der Waals surface area contributed by atoms with Gasteiger partial charge in [-0.25, -0.2) is 0 Å². The fraction of sp³-hybridized carbons (Fsp3) is 0.227. The van der Waals surface area contributed by atoms with Crippen molar-refractivity contribution in [2.24, 2.45) is 4.40 Å². The predicted molar refractivity (Wildman–Crippen MR) is 124 cm³/mol. The molecule has 1 N–H and O–H groups in total. The highest BCUT2D eigenvalue weighted by molar-refractivity contribution is 8.16. The van der Waals surface area contributed by atoms with Crippen molar-refractivity contribution in [1.29, 1.82) is 0 Å². The number of thioether (sulfide) groups is 1. The predicted octanol–water partition coefficient (Wildman–Crippen LogP) is 3.51. The number of hydrogen-bond acceptors (Lipinski definition) is 5. The molecule has 1 unspecified atom stereocenters. The molecule has 0 radical (unpaired) electrons. The van der Waals surface area contributed by atoms with E-state index in [1.807, 2.05) is 32.0 Å². The Morgan fingerprint density at radius 3 is 2.52 bits per heavy atom. The summed E-state index contributed by atoms with van der Waals surface area (Å²) >= 11 is 0.973. The quantitative estimate of drug-likeness (QED) is 0.642. The minimum Gasteiger partial charge on any atom is -0.326 e. The first kappa shape index (κ1) is 22.8. The van der Waals surface area contributed by atoms with Gasteiger partial charge in [-0.2, -0.15) is 8.42 Å². The lowest BCUT2D eigenvalue weighted by Gasteiger charge is -2.14. The Bertz CT molecular complexity index is 1140. The van der Waals surface area contributed by atoms with Crippen LogP contribution in [0.3, 0.4) is 0 Å². The molecule has 2 aromatic rings. The molecular formula is C22H23N3O4S2. The largest absolute Gasteiger partial charge is 0.326 e. The molecule has 0 spiro atoms. The summed E-state index contributed by atoms with van der Waals surface area (Å²) in [5.41, 5.74) is 2.49. The molecule has 1 aliphatic heterocycles. The Morgan fingerprint density at radius 2 is 1.87 bits per heavy atom. The van der Waals surface area contributed by atoms with E-state index < -0.39 is 15.3 Å². The summed E-state index contributed by atoms with van der Waals surface area (Å²) in [5.74, 6) is -0.705. The first-order valence-electron chi connectivity index (χ1n) is 9.57. The van der Waals surface area contributed by atoms with Crippen LogP contribution in [-0.4, -0.2) is 42.1 Å². The van der Waals surface area contributed by atoms with Crippen LogP contribution >= 0.6 is 11.8 Å². The minimum atomic E-state index is -4.00. The van der Waals surface area contributed by atoms with Crippen molar-refractivity contribution in [2.45, 2.75) is 30.4 Å². The third-order valence-corrected chi connectivity index (χ3v) is 7.21. The third kappa shape index (κ3) is 5.42. The molecule has 2 aromatic carbocycles. The zero-order valence-corrected chi connectivity index (χ0v) is 18.9. The van der Waals surface area contributed by atoms with Crippen LogP contribution in [0.1, 0.15) is 17.5 Å². The SMILES string of the molecule is C=CCN1C(=O)C(CC(=O)Nc2ccccc2C)S/C1=N\S(=O)(=O)c1ccc(C)cc1. The maximum atomic E-state index is 12.8. The lowest BCUT2D eigenvalue weighted by atomic mass is 10.2. The van der Waals surface area contributed by atoms with Crippen LogP contribution in [-0.2, 0) is 19.6 Å². The number of carbonyl (C=O) groups excluding carboxylic acids is 2. The molecule has 0 bridgehead atoms. The van der Waals surface area contributed by atoms with Crippen molar-refractivity contribution in [2.75, 3.05) is 11.9 Å². The fourth-order valence-electron chi connectivity index (χ4n) is 2.95. The number of aryl methyl sites for hydroxylation is 2. The number of amides is 2. The molecular weight excluding hydrogens is 434 g/mol. The van der Waals surface area contributed by atoms with Crippen LogP contribution in [0.25, 0.3) is 0 Å². The number of nitrogens with one attached hydrogen (secondary N) is 1. The molecule has 1 saturated heterocycles. The smallest absolute Gasteiger partial charge is 0.284 e. The summed E-state index contributed by atoms with van der Waals surface area (Å²) in [7, 11) is -4.00. The molecule has 31 heavy (non-hydrogen) atoms. The summed E-state index contributed by atoms with van der Waals surface area (Å²) < 4.78 is 29.3. The van der Waals surface area contributed by atoms with Gasteiger partial charge in [-0.05, 0) is 37.6 Å². The van der Waals surface area contributed by atoms with E-state index in [-0.39, 0.29) is 34.8 Å². The van der Waals surface area contributed by atoms with Crippen LogP contribution in [0.4, 0.5) is 5.69 Å². The number of anilines is 1. The lowest BCUT2D eigenvalue weighted by molar-refractivity contribution is -0.127. The van der Waals surface area contributed by atoms with E-state index in [4.69, 9.17) is 0 Å². The second-order valence-electron chi connectivity index (χ2n) is 7.07. The van der Waals surface area contributed by atoms with Gasteiger partial charge in [0, 0.05) is 18.7 Å². The molecule has 3 rings (SSSR count). The van der Waals surface area contributed by atoms with Gasteiger partial charge in [0.2, 0.25) is 11.8 Å². The summed E-state index contributed by atoms with van der Waals surface area (Å²) in [4.78, 5) is 26.6. The number of para-hydroxylation sites is 1. The van der Waals surface area contributed by atoms with Gasteiger partial charge in [0.05, 0.1) is 4.90 Å². The topological polar surface area (TPSA) is 95.9 Å². The normalized spacial score (nSPS) is 17.7. The van der Waals surface area contributed by atoms with Gasteiger partial charge in [-0.15, -0.1) is 11.0 Å².